The van der Waals surface area contributed by atoms with Crippen molar-refractivity contribution in [3.8, 4) is 0 Å². The second-order valence-corrected chi connectivity index (χ2v) is 8.27. The van der Waals surface area contributed by atoms with Gasteiger partial charge in [-0.15, -0.1) is 0 Å². The molecule has 0 fully saturated rings. The number of nitrogens with zero attached hydrogens (tertiary/aromatic N) is 1. The number of rotatable bonds is 14. The Bertz CT molecular complexity index is 1040. The number of hydrogen-bond donors (Lipinski definition) is 7. The van der Waals surface area contributed by atoms with Crippen molar-refractivity contribution in [1.82, 2.24) is 25.9 Å². The van der Waals surface area contributed by atoms with E-state index in [0.717, 1.165) is 5.56 Å². The fraction of sp³-hybridized carbons (Fsp3) is 0.391. The van der Waals surface area contributed by atoms with Gasteiger partial charge in [0, 0.05) is 31.2 Å². The van der Waals surface area contributed by atoms with Crippen LogP contribution in [0.2, 0.25) is 0 Å². The highest BCUT2D eigenvalue weighted by Gasteiger charge is 2.30. The Morgan fingerprint density at radius 1 is 0.972 bits per heavy atom. The Kier molecular flexibility index (Phi) is 10.6. The second-order valence-electron chi connectivity index (χ2n) is 8.27. The molecule has 0 aliphatic rings. The van der Waals surface area contributed by atoms with Gasteiger partial charge in [-0.1, -0.05) is 30.3 Å². The fourth-order valence-electron chi connectivity index (χ4n) is 3.27. The van der Waals surface area contributed by atoms with Crippen molar-refractivity contribution in [1.29, 1.82) is 0 Å². The molecular formula is C23H31N7O6. The van der Waals surface area contributed by atoms with Crippen molar-refractivity contribution in [2.45, 2.75) is 56.8 Å². The lowest BCUT2D eigenvalue weighted by Gasteiger charge is -2.24. The van der Waals surface area contributed by atoms with Gasteiger partial charge in [-0.05, 0) is 18.9 Å². The molecule has 13 heteroatoms. The number of nitrogens with two attached hydrogens (primary N) is 2. The van der Waals surface area contributed by atoms with E-state index in [2.05, 4.69) is 25.9 Å². The van der Waals surface area contributed by atoms with Gasteiger partial charge in [0.1, 0.15) is 18.1 Å². The Balaban J connectivity index is 2.18. The molecule has 1 aromatic carbocycles. The van der Waals surface area contributed by atoms with E-state index in [1.165, 1.54) is 19.4 Å². The van der Waals surface area contributed by atoms with E-state index < -0.39 is 53.8 Å². The van der Waals surface area contributed by atoms with Crippen molar-refractivity contribution in [3.63, 3.8) is 0 Å². The highest BCUT2D eigenvalue weighted by atomic mass is 16.4. The topological polar surface area (TPSA) is 222 Å². The van der Waals surface area contributed by atoms with Gasteiger partial charge in [0.25, 0.3) is 0 Å². The first kappa shape index (κ1) is 28.0. The summed E-state index contributed by atoms with van der Waals surface area (Å²) in [5.41, 5.74) is 12.6. The zero-order valence-electron chi connectivity index (χ0n) is 19.8. The van der Waals surface area contributed by atoms with Gasteiger partial charge in [-0.25, -0.2) is 4.98 Å². The average molecular weight is 502 g/mol. The van der Waals surface area contributed by atoms with E-state index in [1.807, 2.05) is 0 Å². The lowest BCUT2D eigenvalue weighted by Crippen LogP contribution is -2.57. The molecule has 194 valence electrons. The zero-order valence-corrected chi connectivity index (χ0v) is 19.8. The van der Waals surface area contributed by atoms with Gasteiger partial charge in [-0.3, -0.25) is 24.0 Å². The van der Waals surface area contributed by atoms with Crippen LogP contribution < -0.4 is 27.4 Å². The van der Waals surface area contributed by atoms with Crippen LogP contribution in [0.15, 0.2) is 42.9 Å². The minimum absolute atomic E-state index is 0.0882. The second kappa shape index (κ2) is 13.6. The lowest BCUT2D eigenvalue weighted by molar-refractivity contribution is -0.142. The molecule has 2 aromatic rings. The molecule has 4 amide bonds. The number of hydrogen-bond acceptors (Lipinski definition) is 7. The fourth-order valence-corrected chi connectivity index (χ4v) is 3.27. The molecule has 4 unspecified atom stereocenters. The van der Waals surface area contributed by atoms with Gasteiger partial charge in [-0.2, -0.15) is 0 Å². The van der Waals surface area contributed by atoms with Crippen molar-refractivity contribution in [2.24, 2.45) is 11.5 Å². The molecule has 4 atom stereocenters. The predicted molar refractivity (Wildman–Crippen MR) is 128 cm³/mol. The number of amides is 4. The van der Waals surface area contributed by atoms with Crippen LogP contribution in [0.4, 0.5) is 0 Å². The first-order valence-electron chi connectivity index (χ1n) is 11.3. The molecule has 2 rings (SSSR count). The number of carboxylic acids is 1. The summed E-state index contributed by atoms with van der Waals surface area (Å²) in [7, 11) is 0. The van der Waals surface area contributed by atoms with Crippen LogP contribution >= 0.6 is 0 Å². The van der Waals surface area contributed by atoms with Crippen molar-refractivity contribution in [3.05, 3.63) is 54.1 Å². The van der Waals surface area contributed by atoms with Crippen LogP contribution in [0.5, 0.6) is 0 Å². The number of carbonyl (C=O) groups is 5. The number of aliphatic carboxylic acids is 1. The minimum Gasteiger partial charge on any atom is -0.480 e. The van der Waals surface area contributed by atoms with Crippen LogP contribution in [-0.4, -0.2) is 68.8 Å². The molecule has 1 aromatic heterocycles. The summed E-state index contributed by atoms with van der Waals surface area (Å²) < 4.78 is 0. The third-order valence-electron chi connectivity index (χ3n) is 5.29. The molecule has 0 saturated heterocycles. The summed E-state index contributed by atoms with van der Waals surface area (Å²) in [6.07, 6.45) is 2.83. The molecule has 0 aliphatic carbocycles. The van der Waals surface area contributed by atoms with Gasteiger partial charge in [0.15, 0.2) is 0 Å². The average Bonchev–Trinajstić information content (AvgIpc) is 3.34. The Labute approximate surface area is 207 Å². The molecular weight excluding hydrogens is 470 g/mol. The smallest absolute Gasteiger partial charge is 0.325 e. The summed E-state index contributed by atoms with van der Waals surface area (Å²) in [5.74, 6) is -4.09. The third kappa shape index (κ3) is 9.18. The van der Waals surface area contributed by atoms with Gasteiger partial charge >= 0.3 is 5.97 Å². The molecule has 0 spiro atoms. The van der Waals surface area contributed by atoms with Crippen LogP contribution in [-0.2, 0) is 36.8 Å². The zero-order chi connectivity index (χ0) is 26.7. The maximum absolute atomic E-state index is 13.2. The molecule has 13 nitrogen and oxygen atoms in total. The highest BCUT2D eigenvalue weighted by Crippen LogP contribution is 2.07. The summed E-state index contributed by atoms with van der Waals surface area (Å²) in [6, 6.07) is 4.28. The Hall–Kier alpha value is -4.26. The van der Waals surface area contributed by atoms with Crippen LogP contribution in [0.25, 0.3) is 0 Å². The van der Waals surface area contributed by atoms with Gasteiger partial charge in [0.05, 0.1) is 12.4 Å². The number of carboxylic acid groups (broad SMARTS) is 1. The Morgan fingerprint density at radius 2 is 1.61 bits per heavy atom. The number of primary amides is 1. The normalized spacial score (nSPS) is 14.1. The van der Waals surface area contributed by atoms with E-state index >= 15 is 0 Å². The summed E-state index contributed by atoms with van der Waals surface area (Å²) >= 11 is 0. The summed E-state index contributed by atoms with van der Waals surface area (Å²) in [6.45, 7) is 1.26. The number of aromatic amines is 1. The van der Waals surface area contributed by atoms with E-state index in [1.54, 1.807) is 30.3 Å². The monoisotopic (exact) mass is 501 g/mol. The van der Waals surface area contributed by atoms with E-state index in [4.69, 9.17) is 16.6 Å². The number of H-pyrrole nitrogens is 1. The molecule has 36 heavy (non-hydrogen) atoms. The van der Waals surface area contributed by atoms with E-state index in [-0.39, 0.29) is 25.7 Å². The molecule has 0 bridgehead atoms. The molecule has 9 N–H and O–H groups in total. The van der Waals surface area contributed by atoms with Crippen LogP contribution in [0.1, 0.15) is 31.0 Å². The summed E-state index contributed by atoms with van der Waals surface area (Å²) in [5, 5.41) is 16.4. The van der Waals surface area contributed by atoms with Crippen molar-refractivity contribution in [2.75, 3.05) is 0 Å². The largest absolute Gasteiger partial charge is 0.480 e. The standard InChI is InChI=1S/C23H31N7O6/c1-13(23(35)36)28-21(33)17(7-8-19(25)31)29-22(34)18(9-14-5-3-2-4-6-14)30-20(32)16(24)10-15-11-26-12-27-15/h2-6,11-13,16-18H,7-10,24H2,1H3,(H2,25,31)(H,26,27)(H,28,33)(H,29,34)(H,30,32)(H,35,36). The first-order valence-corrected chi connectivity index (χ1v) is 11.3. The van der Waals surface area contributed by atoms with E-state index in [0.29, 0.717) is 5.69 Å². The van der Waals surface area contributed by atoms with Gasteiger partial charge in [0.2, 0.25) is 23.6 Å². The van der Waals surface area contributed by atoms with Gasteiger partial charge < -0.3 is 37.5 Å². The molecule has 0 aliphatic heterocycles. The molecule has 1 heterocycles. The maximum Gasteiger partial charge on any atom is 0.325 e. The number of imidazole rings is 1. The van der Waals surface area contributed by atoms with Crippen LogP contribution in [0, 0.1) is 0 Å². The number of aromatic nitrogens is 2. The minimum atomic E-state index is -1.27. The predicted octanol–water partition coefficient (Wildman–Crippen LogP) is -1.65. The SMILES string of the molecule is CC(NC(=O)C(CCC(N)=O)NC(=O)C(Cc1ccccc1)NC(=O)C(N)Cc1cnc[nH]1)C(=O)O. The number of nitrogens with one attached hydrogen (secondary N) is 4. The molecule has 0 radical (unpaired) electrons. The third-order valence-corrected chi connectivity index (χ3v) is 5.29. The maximum atomic E-state index is 13.2. The number of benzene rings is 1. The Morgan fingerprint density at radius 3 is 2.19 bits per heavy atom. The number of carbonyl (C=O) groups excluding carboxylic acids is 4. The summed E-state index contributed by atoms with van der Waals surface area (Å²) in [4.78, 5) is 67.7. The highest BCUT2D eigenvalue weighted by molar-refractivity contribution is 5.94. The molecule has 0 saturated carbocycles. The first-order chi connectivity index (χ1) is 17.1. The van der Waals surface area contributed by atoms with Crippen molar-refractivity contribution < 1.29 is 29.1 Å². The lowest BCUT2D eigenvalue weighted by atomic mass is 10.0. The van der Waals surface area contributed by atoms with E-state index in [9.17, 15) is 24.0 Å². The quantitative estimate of drug-likeness (QED) is 0.158. The van der Waals surface area contributed by atoms with Crippen molar-refractivity contribution >= 4 is 29.6 Å². The van der Waals surface area contributed by atoms with Crippen LogP contribution in [0.3, 0.4) is 0 Å².